The van der Waals surface area contributed by atoms with Gasteiger partial charge in [-0.2, -0.15) is 5.26 Å². The standard InChI is InChI=1S/C21H18N2/c1-15-8-7-9-16(14-22)20(15)23-19-12-4-3-10-17(19)18-11-5-6-13-21(18,23)2/h3-13,18H,1-2H3. The van der Waals surface area contributed by atoms with Crippen LogP contribution in [0.2, 0.25) is 0 Å². The van der Waals surface area contributed by atoms with Crippen molar-refractivity contribution < 1.29 is 0 Å². The van der Waals surface area contributed by atoms with Crippen LogP contribution in [0.1, 0.15) is 29.5 Å². The number of rotatable bonds is 1. The van der Waals surface area contributed by atoms with E-state index in [9.17, 15) is 5.26 Å². The quantitative estimate of drug-likeness (QED) is 0.742. The first kappa shape index (κ1) is 13.8. The summed E-state index contributed by atoms with van der Waals surface area (Å²) in [5.41, 5.74) is 5.21. The molecule has 112 valence electrons. The molecular formula is C21H18N2. The Bertz CT molecular complexity index is 885. The van der Waals surface area contributed by atoms with Crippen LogP contribution in [0.3, 0.4) is 0 Å². The summed E-state index contributed by atoms with van der Waals surface area (Å²) in [6.07, 6.45) is 8.75. The Kier molecular flexibility index (Phi) is 2.92. The molecule has 2 nitrogen and oxygen atoms in total. The molecule has 2 atom stereocenters. The smallest absolute Gasteiger partial charge is 0.101 e. The second-order valence-electron chi connectivity index (χ2n) is 6.42. The zero-order valence-corrected chi connectivity index (χ0v) is 13.3. The molecule has 0 amide bonds. The third kappa shape index (κ3) is 1.80. The summed E-state index contributed by atoms with van der Waals surface area (Å²) in [4.78, 5) is 2.35. The minimum Gasteiger partial charge on any atom is -0.329 e. The molecular weight excluding hydrogens is 280 g/mol. The number of nitriles is 1. The van der Waals surface area contributed by atoms with Gasteiger partial charge in [0.1, 0.15) is 6.07 Å². The number of allylic oxidation sites excluding steroid dienone is 2. The lowest BCUT2D eigenvalue weighted by atomic mass is 9.80. The Morgan fingerprint density at radius 3 is 2.74 bits per heavy atom. The van der Waals surface area contributed by atoms with E-state index in [4.69, 9.17) is 0 Å². The highest BCUT2D eigenvalue weighted by molar-refractivity contribution is 5.81. The second kappa shape index (κ2) is 4.86. The molecule has 4 rings (SSSR count). The van der Waals surface area contributed by atoms with E-state index in [1.54, 1.807) is 0 Å². The van der Waals surface area contributed by atoms with E-state index < -0.39 is 0 Å². The topological polar surface area (TPSA) is 27.0 Å². The van der Waals surface area contributed by atoms with Gasteiger partial charge in [-0.15, -0.1) is 0 Å². The summed E-state index contributed by atoms with van der Waals surface area (Å²) in [5.74, 6) is 0.301. The molecule has 2 aromatic carbocycles. The van der Waals surface area contributed by atoms with Crippen LogP contribution in [0.4, 0.5) is 11.4 Å². The molecule has 0 saturated carbocycles. The molecule has 2 aliphatic rings. The lowest BCUT2D eigenvalue weighted by Crippen LogP contribution is -2.42. The maximum absolute atomic E-state index is 9.62. The van der Waals surface area contributed by atoms with Crippen molar-refractivity contribution in [2.45, 2.75) is 25.3 Å². The third-order valence-electron chi connectivity index (χ3n) is 5.05. The summed E-state index contributed by atoms with van der Waals surface area (Å²) >= 11 is 0. The van der Waals surface area contributed by atoms with Crippen LogP contribution in [0.5, 0.6) is 0 Å². The number of aryl methyl sites for hydroxylation is 1. The highest BCUT2D eigenvalue weighted by Gasteiger charge is 2.47. The van der Waals surface area contributed by atoms with E-state index in [-0.39, 0.29) is 5.54 Å². The fraction of sp³-hybridized carbons (Fsp3) is 0.190. The van der Waals surface area contributed by atoms with Gasteiger partial charge in [0.2, 0.25) is 0 Å². The molecule has 0 spiro atoms. The van der Waals surface area contributed by atoms with Crippen molar-refractivity contribution in [2.75, 3.05) is 4.90 Å². The maximum Gasteiger partial charge on any atom is 0.101 e. The molecule has 1 heterocycles. The fourth-order valence-electron chi connectivity index (χ4n) is 3.98. The lowest BCUT2D eigenvalue weighted by molar-refractivity contribution is 0.541. The summed E-state index contributed by atoms with van der Waals surface area (Å²) < 4.78 is 0. The van der Waals surface area contributed by atoms with E-state index in [1.807, 2.05) is 12.1 Å². The monoisotopic (exact) mass is 298 g/mol. The minimum atomic E-state index is -0.184. The zero-order valence-electron chi connectivity index (χ0n) is 13.3. The molecule has 2 heteroatoms. The minimum absolute atomic E-state index is 0.184. The Labute approximate surface area is 137 Å². The lowest BCUT2D eigenvalue weighted by Gasteiger charge is -2.40. The molecule has 23 heavy (non-hydrogen) atoms. The fourth-order valence-corrected chi connectivity index (χ4v) is 3.98. The highest BCUT2D eigenvalue weighted by Crippen LogP contribution is 2.54. The van der Waals surface area contributed by atoms with E-state index in [1.165, 1.54) is 11.3 Å². The summed E-state index contributed by atoms with van der Waals surface area (Å²) in [6.45, 7) is 4.34. The zero-order chi connectivity index (χ0) is 16.0. The average Bonchev–Trinajstić information content (AvgIpc) is 2.83. The van der Waals surface area contributed by atoms with Crippen molar-refractivity contribution in [1.29, 1.82) is 5.26 Å². The van der Waals surface area contributed by atoms with Crippen LogP contribution >= 0.6 is 0 Å². The number of para-hydroxylation sites is 2. The maximum atomic E-state index is 9.62. The predicted octanol–water partition coefficient (Wildman–Crippen LogP) is 4.99. The Hall–Kier alpha value is -2.79. The molecule has 0 aromatic heterocycles. The first-order chi connectivity index (χ1) is 11.2. The van der Waals surface area contributed by atoms with Crippen molar-refractivity contribution in [2.24, 2.45) is 0 Å². The predicted molar refractivity (Wildman–Crippen MR) is 93.9 cm³/mol. The van der Waals surface area contributed by atoms with Crippen LogP contribution < -0.4 is 4.90 Å². The van der Waals surface area contributed by atoms with Gasteiger partial charge in [-0.25, -0.2) is 0 Å². The number of anilines is 2. The second-order valence-corrected chi connectivity index (χ2v) is 6.42. The van der Waals surface area contributed by atoms with Gasteiger partial charge in [0.25, 0.3) is 0 Å². The van der Waals surface area contributed by atoms with Crippen molar-refractivity contribution >= 4 is 11.4 Å². The van der Waals surface area contributed by atoms with Crippen molar-refractivity contribution in [3.63, 3.8) is 0 Å². The Morgan fingerprint density at radius 1 is 1.09 bits per heavy atom. The van der Waals surface area contributed by atoms with E-state index in [0.717, 1.165) is 16.8 Å². The van der Waals surface area contributed by atoms with E-state index >= 15 is 0 Å². The summed E-state index contributed by atoms with van der Waals surface area (Å²) in [5, 5.41) is 9.62. The molecule has 0 radical (unpaired) electrons. The van der Waals surface area contributed by atoms with Gasteiger partial charge in [-0.3, -0.25) is 0 Å². The normalized spacial score (nSPS) is 24.2. The summed E-state index contributed by atoms with van der Waals surface area (Å²) in [7, 11) is 0. The van der Waals surface area contributed by atoms with Crippen molar-refractivity contribution in [1.82, 2.24) is 0 Å². The first-order valence-corrected chi connectivity index (χ1v) is 7.92. The average molecular weight is 298 g/mol. The van der Waals surface area contributed by atoms with Crippen LogP contribution in [0.25, 0.3) is 0 Å². The largest absolute Gasteiger partial charge is 0.329 e. The van der Waals surface area contributed by atoms with Crippen molar-refractivity contribution in [3.8, 4) is 6.07 Å². The number of benzene rings is 2. The van der Waals surface area contributed by atoms with Crippen LogP contribution in [0, 0.1) is 18.3 Å². The van der Waals surface area contributed by atoms with Crippen LogP contribution in [-0.2, 0) is 0 Å². The van der Waals surface area contributed by atoms with Crippen LogP contribution in [-0.4, -0.2) is 5.54 Å². The van der Waals surface area contributed by atoms with Gasteiger partial charge in [0.15, 0.2) is 0 Å². The molecule has 2 unspecified atom stereocenters. The Balaban J connectivity index is 2.04. The first-order valence-electron chi connectivity index (χ1n) is 7.92. The molecule has 0 bridgehead atoms. The number of fused-ring (bicyclic) bond motifs is 3. The van der Waals surface area contributed by atoms with Gasteiger partial charge >= 0.3 is 0 Å². The third-order valence-corrected chi connectivity index (χ3v) is 5.05. The van der Waals surface area contributed by atoms with Gasteiger partial charge in [-0.05, 0) is 37.1 Å². The Morgan fingerprint density at radius 2 is 1.91 bits per heavy atom. The molecule has 2 aromatic rings. The van der Waals surface area contributed by atoms with Gasteiger partial charge in [0, 0.05) is 11.6 Å². The number of hydrogen-bond donors (Lipinski definition) is 0. The van der Waals surface area contributed by atoms with Gasteiger partial charge in [-0.1, -0.05) is 54.6 Å². The highest BCUT2D eigenvalue weighted by atomic mass is 15.2. The molecule has 1 aliphatic heterocycles. The van der Waals surface area contributed by atoms with E-state index in [2.05, 4.69) is 79.5 Å². The molecule has 1 aliphatic carbocycles. The molecule has 0 fully saturated rings. The van der Waals surface area contributed by atoms with Crippen LogP contribution in [0.15, 0.2) is 66.8 Å². The van der Waals surface area contributed by atoms with E-state index in [0.29, 0.717) is 5.92 Å². The number of nitrogens with zero attached hydrogens (tertiary/aromatic N) is 2. The summed E-state index contributed by atoms with van der Waals surface area (Å²) in [6, 6.07) is 16.8. The SMILES string of the molecule is Cc1cccc(C#N)c1N1c2ccccc2C2C=CC=CC21C. The molecule has 0 saturated heterocycles. The van der Waals surface area contributed by atoms with Crippen molar-refractivity contribution in [3.05, 3.63) is 83.5 Å². The van der Waals surface area contributed by atoms with Gasteiger partial charge in [0.05, 0.1) is 16.8 Å². The molecule has 0 N–H and O–H groups in total. The number of hydrogen-bond acceptors (Lipinski definition) is 2. The van der Waals surface area contributed by atoms with Gasteiger partial charge < -0.3 is 4.90 Å².